The van der Waals surface area contributed by atoms with E-state index in [9.17, 15) is 0 Å². The van der Waals surface area contributed by atoms with Crippen LogP contribution < -0.4 is 9.80 Å². The zero-order valence-corrected chi connectivity index (χ0v) is 34.3. The SMILES string of the molecule is C.c1ccc(-c2ccc(N(c3ccc(-c4ccccc4)cc3)c3ccc(-c4ccc(N(c5ccc(-c6ccccc6)cc5)c5ccc(-c6ccccc6)cc5)cc4)cc3)cc2)cc1. The molecule has 0 fully saturated rings. The van der Waals surface area contributed by atoms with Crippen LogP contribution in [0.25, 0.3) is 55.6 Å². The van der Waals surface area contributed by atoms with Crippen molar-refractivity contribution in [3.05, 3.63) is 267 Å². The highest BCUT2D eigenvalue weighted by Gasteiger charge is 2.16. The van der Waals surface area contributed by atoms with E-state index in [1.165, 1.54) is 44.5 Å². The molecule has 63 heavy (non-hydrogen) atoms. The summed E-state index contributed by atoms with van der Waals surface area (Å²) in [5.41, 5.74) is 18.5. The smallest absolute Gasteiger partial charge is 0.0462 e. The van der Waals surface area contributed by atoms with Crippen LogP contribution >= 0.6 is 0 Å². The van der Waals surface area contributed by atoms with Gasteiger partial charge in [0.05, 0.1) is 0 Å². The van der Waals surface area contributed by atoms with E-state index in [1.807, 2.05) is 0 Å². The highest BCUT2D eigenvalue weighted by Crippen LogP contribution is 2.40. The fraction of sp³-hybridized carbons (Fsp3) is 0.0164. The molecule has 2 heteroatoms. The Morgan fingerprint density at radius 3 is 0.413 bits per heavy atom. The van der Waals surface area contributed by atoms with Crippen molar-refractivity contribution in [3.8, 4) is 55.6 Å². The van der Waals surface area contributed by atoms with Gasteiger partial charge >= 0.3 is 0 Å². The topological polar surface area (TPSA) is 6.48 Å². The summed E-state index contributed by atoms with van der Waals surface area (Å²) in [6.07, 6.45) is 0. The molecule has 0 saturated heterocycles. The number of hydrogen-bond donors (Lipinski definition) is 0. The molecule has 0 N–H and O–H groups in total. The summed E-state index contributed by atoms with van der Waals surface area (Å²) in [4.78, 5) is 4.67. The predicted molar refractivity (Wildman–Crippen MR) is 270 cm³/mol. The van der Waals surface area contributed by atoms with Gasteiger partial charge in [-0.25, -0.2) is 0 Å². The van der Waals surface area contributed by atoms with Crippen LogP contribution in [0.2, 0.25) is 0 Å². The van der Waals surface area contributed by atoms with Gasteiger partial charge < -0.3 is 9.80 Å². The molecule has 0 heterocycles. The Morgan fingerprint density at radius 1 is 0.143 bits per heavy atom. The van der Waals surface area contributed by atoms with Gasteiger partial charge in [-0.1, -0.05) is 202 Å². The average molecular weight is 809 g/mol. The van der Waals surface area contributed by atoms with Gasteiger partial charge in [0, 0.05) is 34.1 Å². The molecule has 0 saturated carbocycles. The zero-order chi connectivity index (χ0) is 41.5. The van der Waals surface area contributed by atoms with E-state index in [0.29, 0.717) is 0 Å². The molecule has 10 aromatic carbocycles. The highest BCUT2D eigenvalue weighted by molar-refractivity contribution is 5.83. The third kappa shape index (κ3) is 8.84. The molecular weight excluding hydrogens is 761 g/mol. The van der Waals surface area contributed by atoms with Gasteiger partial charge in [-0.3, -0.25) is 0 Å². The first kappa shape index (κ1) is 40.2. The first-order valence-corrected chi connectivity index (χ1v) is 21.2. The van der Waals surface area contributed by atoms with Crippen LogP contribution in [0, 0.1) is 0 Å². The summed E-state index contributed by atoms with van der Waals surface area (Å²) in [6, 6.07) is 95.5. The number of benzene rings is 10. The van der Waals surface area contributed by atoms with Crippen LogP contribution in [-0.4, -0.2) is 0 Å². The Bertz CT molecular complexity index is 2590. The summed E-state index contributed by atoms with van der Waals surface area (Å²) < 4.78 is 0. The Kier molecular flexibility index (Phi) is 11.9. The zero-order valence-electron chi connectivity index (χ0n) is 34.3. The predicted octanol–water partition coefficient (Wildman–Crippen LogP) is 17.6. The van der Waals surface area contributed by atoms with Crippen molar-refractivity contribution in [1.82, 2.24) is 0 Å². The number of rotatable bonds is 11. The molecule has 2 nitrogen and oxygen atoms in total. The van der Waals surface area contributed by atoms with Crippen molar-refractivity contribution < 1.29 is 0 Å². The summed E-state index contributed by atoms with van der Waals surface area (Å²) in [7, 11) is 0. The highest BCUT2D eigenvalue weighted by atomic mass is 15.1. The Balaban J connectivity index is 0.00000504. The van der Waals surface area contributed by atoms with Crippen LogP contribution in [-0.2, 0) is 0 Å². The van der Waals surface area contributed by atoms with Crippen molar-refractivity contribution in [1.29, 1.82) is 0 Å². The molecule has 0 aromatic heterocycles. The van der Waals surface area contributed by atoms with Gasteiger partial charge in [-0.05, 0) is 128 Å². The minimum Gasteiger partial charge on any atom is -0.311 e. The van der Waals surface area contributed by atoms with E-state index in [-0.39, 0.29) is 7.43 Å². The van der Waals surface area contributed by atoms with Crippen LogP contribution in [0.1, 0.15) is 7.43 Å². The third-order valence-electron chi connectivity index (χ3n) is 11.5. The molecular formula is C61H48N2. The fourth-order valence-electron chi connectivity index (χ4n) is 8.23. The Morgan fingerprint density at radius 2 is 0.270 bits per heavy atom. The van der Waals surface area contributed by atoms with Gasteiger partial charge in [0.1, 0.15) is 0 Å². The van der Waals surface area contributed by atoms with Gasteiger partial charge in [0.2, 0.25) is 0 Å². The lowest BCUT2D eigenvalue weighted by Crippen LogP contribution is -2.10. The molecule has 0 atom stereocenters. The number of nitrogens with zero attached hydrogens (tertiary/aromatic N) is 2. The molecule has 0 aliphatic carbocycles. The lowest BCUT2D eigenvalue weighted by Gasteiger charge is -2.27. The molecule has 0 radical (unpaired) electrons. The molecule has 10 aromatic rings. The second kappa shape index (κ2) is 18.6. The van der Waals surface area contributed by atoms with Gasteiger partial charge in [-0.15, -0.1) is 0 Å². The van der Waals surface area contributed by atoms with Gasteiger partial charge in [-0.2, -0.15) is 0 Å². The van der Waals surface area contributed by atoms with Gasteiger partial charge in [0.25, 0.3) is 0 Å². The quantitative estimate of drug-likeness (QED) is 0.128. The molecule has 302 valence electrons. The van der Waals surface area contributed by atoms with Crippen molar-refractivity contribution in [2.75, 3.05) is 9.80 Å². The first-order chi connectivity index (χ1) is 30.7. The summed E-state index contributed by atoms with van der Waals surface area (Å²) in [5.74, 6) is 0. The van der Waals surface area contributed by atoms with Crippen LogP contribution in [0.5, 0.6) is 0 Å². The monoisotopic (exact) mass is 808 g/mol. The minimum absolute atomic E-state index is 0. The maximum Gasteiger partial charge on any atom is 0.0462 e. The average Bonchev–Trinajstić information content (AvgIpc) is 3.36. The molecule has 0 spiro atoms. The van der Waals surface area contributed by atoms with Crippen LogP contribution in [0.15, 0.2) is 267 Å². The van der Waals surface area contributed by atoms with E-state index >= 15 is 0 Å². The Labute approximate surface area is 372 Å². The lowest BCUT2D eigenvalue weighted by molar-refractivity contribution is 1.28. The van der Waals surface area contributed by atoms with E-state index < -0.39 is 0 Å². The second-order valence-electron chi connectivity index (χ2n) is 15.4. The first-order valence-electron chi connectivity index (χ1n) is 21.2. The van der Waals surface area contributed by atoms with Gasteiger partial charge in [0.15, 0.2) is 0 Å². The van der Waals surface area contributed by atoms with Crippen molar-refractivity contribution >= 4 is 34.1 Å². The summed E-state index contributed by atoms with van der Waals surface area (Å²) in [5, 5.41) is 0. The Hall–Kier alpha value is -8.20. The normalized spacial score (nSPS) is 10.7. The lowest BCUT2D eigenvalue weighted by atomic mass is 10.0. The van der Waals surface area contributed by atoms with E-state index in [2.05, 4.69) is 277 Å². The van der Waals surface area contributed by atoms with Crippen LogP contribution in [0.3, 0.4) is 0 Å². The minimum atomic E-state index is 0. The molecule has 0 bridgehead atoms. The number of hydrogen-bond acceptors (Lipinski definition) is 2. The maximum atomic E-state index is 2.33. The molecule has 0 aliphatic rings. The van der Waals surface area contributed by atoms with Crippen molar-refractivity contribution in [2.24, 2.45) is 0 Å². The summed E-state index contributed by atoms with van der Waals surface area (Å²) in [6.45, 7) is 0. The number of anilines is 6. The van der Waals surface area contributed by atoms with E-state index in [0.717, 1.165) is 45.3 Å². The fourth-order valence-corrected chi connectivity index (χ4v) is 8.23. The van der Waals surface area contributed by atoms with Crippen molar-refractivity contribution in [3.63, 3.8) is 0 Å². The van der Waals surface area contributed by atoms with Crippen molar-refractivity contribution in [2.45, 2.75) is 7.43 Å². The molecule has 10 rings (SSSR count). The third-order valence-corrected chi connectivity index (χ3v) is 11.5. The maximum absolute atomic E-state index is 2.33. The molecule has 0 amide bonds. The largest absolute Gasteiger partial charge is 0.311 e. The second-order valence-corrected chi connectivity index (χ2v) is 15.4. The molecule has 0 aliphatic heterocycles. The molecule has 0 unspecified atom stereocenters. The van der Waals surface area contributed by atoms with E-state index in [4.69, 9.17) is 0 Å². The summed E-state index contributed by atoms with van der Waals surface area (Å²) >= 11 is 0. The van der Waals surface area contributed by atoms with Crippen LogP contribution in [0.4, 0.5) is 34.1 Å². The standard InChI is InChI=1S/C60H44N2.CH4/c1-5-13-45(14-6-1)49-21-33-55(34-22-49)61(56-35-23-50(24-36-56)46-15-7-2-8-16-46)59-41-29-53(30-42-59)54-31-43-60(44-32-54)62(57-37-25-51(26-38-57)47-17-9-3-10-18-47)58-39-27-52(28-40-58)48-19-11-4-12-20-48;/h1-44H;1H4. The van der Waals surface area contributed by atoms with E-state index in [1.54, 1.807) is 0 Å².